The van der Waals surface area contributed by atoms with Gasteiger partial charge in [0.15, 0.2) is 0 Å². The molecule has 0 aliphatic carbocycles. The van der Waals surface area contributed by atoms with Gasteiger partial charge in [-0.15, -0.1) is 0 Å². The first-order valence-electron chi connectivity index (χ1n) is 4.51. The molecule has 5 N–H and O–H groups in total. The Morgan fingerprint density at radius 1 is 1.08 bits per heavy atom. The summed E-state index contributed by atoms with van der Waals surface area (Å²) in [7, 11) is 0. The Kier molecular flexibility index (Phi) is 9.66. The van der Waals surface area contributed by atoms with Gasteiger partial charge >= 0.3 is 0 Å². The molecule has 0 fully saturated rings. The van der Waals surface area contributed by atoms with Crippen molar-refractivity contribution in [1.29, 1.82) is 0 Å². The van der Waals surface area contributed by atoms with E-state index in [2.05, 4.69) is 17.3 Å². The van der Waals surface area contributed by atoms with Gasteiger partial charge in [-0.25, -0.2) is 0 Å². The number of hydrogen-bond donors (Lipinski definition) is 3. The third-order valence-corrected chi connectivity index (χ3v) is 1.57. The van der Waals surface area contributed by atoms with Crippen LogP contribution in [0.5, 0.6) is 0 Å². The molecule has 0 bridgehead atoms. The van der Waals surface area contributed by atoms with Gasteiger partial charge in [0.2, 0.25) is 0 Å². The zero-order valence-electron chi connectivity index (χ0n) is 7.60. The molecule has 12 heavy (non-hydrogen) atoms. The van der Waals surface area contributed by atoms with Crippen LogP contribution < -0.4 is 16.8 Å². The predicted molar refractivity (Wildman–Crippen MR) is 52.4 cm³/mol. The van der Waals surface area contributed by atoms with Crippen molar-refractivity contribution < 1.29 is 0 Å². The summed E-state index contributed by atoms with van der Waals surface area (Å²) < 4.78 is 0. The molecule has 0 spiro atoms. The molecule has 0 radical (unpaired) electrons. The summed E-state index contributed by atoms with van der Waals surface area (Å²) in [6.45, 7) is 2.88. The monoisotopic (exact) mass is 169 g/mol. The number of nitrogens with one attached hydrogen (secondary N) is 1. The molecule has 70 valence electrons. The SMILES string of the molecule is NC#CCCCNCCCCN. The smallest absolute Gasteiger partial charge is 0.0119 e. The van der Waals surface area contributed by atoms with Gasteiger partial charge in [-0.2, -0.15) is 0 Å². The Hall–Kier alpha value is -0.720. The number of nitrogens with two attached hydrogens (primary N) is 2. The van der Waals surface area contributed by atoms with Crippen LogP contribution in [0.3, 0.4) is 0 Å². The van der Waals surface area contributed by atoms with Crippen molar-refractivity contribution in [1.82, 2.24) is 5.32 Å². The Balaban J connectivity index is 2.84. The second-order valence-corrected chi connectivity index (χ2v) is 2.67. The van der Waals surface area contributed by atoms with Crippen LogP contribution in [-0.2, 0) is 0 Å². The predicted octanol–water partition coefficient (Wildman–Crippen LogP) is 0.0147. The molecule has 0 amide bonds. The Morgan fingerprint density at radius 2 is 1.83 bits per heavy atom. The third-order valence-electron chi connectivity index (χ3n) is 1.57. The van der Waals surface area contributed by atoms with Gasteiger partial charge in [-0.1, -0.05) is 5.92 Å². The van der Waals surface area contributed by atoms with E-state index in [1.165, 1.54) is 6.42 Å². The molecule has 0 unspecified atom stereocenters. The average molecular weight is 169 g/mol. The summed E-state index contributed by atoms with van der Waals surface area (Å²) in [5.74, 6) is 2.82. The van der Waals surface area contributed by atoms with Crippen LogP contribution in [0.4, 0.5) is 0 Å². The Morgan fingerprint density at radius 3 is 2.50 bits per heavy atom. The molecule has 0 heterocycles. The van der Waals surface area contributed by atoms with Gasteiger partial charge in [-0.05, 0) is 38.9 Å². The lowest BCUT2D eigenvalue weighted by atomic mass is 10.3. The summed E-state index contributed by atoms with van der Waals surface area (Å²) in [6.07, 6.45) is 4.24. The minimum absolute atomic E-state index is 0.792. The minimum atomic E-state index is 0.792. The highest BCUT2D eigenvalue weighted by molar-refractivity contribution is 4.93. The van der Waals surface area contributed by atoms with Gasteiger partial charge < -0.3 is 16.8 Å². The number of unbranched alkanes of at least 4 members (excludes halogenated alkanes) is 2. The van der Waals surface area contributed by atoms with E-state index in [-0.39, 0.29) is 0 Å². The molecule has 0 aromatic heterocycles. The quantitative estimate of drug-likeness (QED) is 0.286. The van der Waals surface area contributed by atoms with E-state index in [0.717, 1.165) is 38.9 Å². The summed E-state index contributed by atoms with van der Waals surface area (Å²) in [5, 5.41) is 3.31. The molecule has 0 saturated heterocycles. The molecule has 0 aliphatic heterocycles. The van der Waals surface area contributed by atoms with Gasteiger partial charge in [-0.3, -0.25) is 0 Å². The fraction of sp³-hybridized carbons (Fsp3) is 0.778. The minimum Gasteiger partial charge on any atom is -0.359 e. The van der Waals surface area contributed by atoms with E-state index in [1.54, 1.807) is 0 Å². The second-order valence-electron chi connectivity index (χ2n) is 2.67. The fourth-order valence-corrected chi connectivity index (χ4v) is 0.893. The largest absolute Gasteiger partial charge is 0.359 e. The summed E-state index contributed by atoms with van der Waals surface area (Å²) >= 11 is 0. The standard InChI is InChI=1S/C9H19N3/c10-6-2-1-4-8-12-9-5-3-7-11/h12H,1,3-5,7-11H2. The second kappa shape index (κ2) is 10.3. The highest BCUT2D eigenvalue weighted by Crippen LogP contribution is 1.85. The summed E-state index contributed by atoms with van der Waals surface area (Å²) in [5.41, 5.74) is 10.4. The molecular formula is C9H19N3. The molecule has 0 aliphatic rings. The maximum Gasteiger partial charge on any atom is 0.0119 e. The van der Waals surface area contributed by atoms with Crippen LogP contribution in [0, 0.1) is 12.0 Å². The van der Waals surface area contributed by atoms with Gasteiger partial charge in [0.1, 0.15) is 0 Å². The molecule has 0 atom stereocenters. The lowest BCUT2D eigenvalue weighted by Gasteiger charge is -2.01. The Bertz CT molecular complexity index is 134. The van der Waals surface area contributed by atoms with Crippen LogP contribution in [0.15, 0.2) is 0 Å². The van der Waals surface area contributed by atoms with Crippen LogP contribution in [-0.4, -0.2) is 19.6 Å². The molecule has 0 aromatic carbocycles. The molecule has 3 heteroatoms. The van der Waals surface area contributed by atoms with Crippen LogP contribution in [0.2, 0.25) is 0 Å². The van der Waals surface area contributed by atoms with E-state index < -0.39 is 0 Å². The van der Waals surface area contributed by atoms with Gasteiger partial charge in [0.25, 0.3) is 0 Å². The van der Waals surface area contributed by atoms with Crippen molar-refractivity contribution in [2.75, 3.05) is 19.6 Å². The van der Waals surface area contributed by atoms with E-state index in [1.807, 2.05) is 0 Å². The van der Waals surface area contributed by atoms with Crippen molar-refractivity contribution in [3.63, 3.8) is 0 Å². The lowest BCUT2D eigenvalue weighted by molar-refractivity contribution is 0.612. The van der Waals surface area contributed by atoms with Crippen molar-refractivity contribution in [2.45, 2.75) is 25.7 Å². The zero-order chi connectivity index (χ0) is 9.07. The van der Waals surface area contributed by atoms with E-state index in [9.17, 15) is 0 Å². The fourth-order valence-electron chi connectivity index (χ4n) is 0.893. The topological polar surface area (TPSA) is 64.1 Å². The van der Waals surface area contributed by atoms with E-state index in [0.29, 0.717) is 0 Å². The van der Waals surface area contributed by atoms with Gasteiger partial charge in [0, 0.05) is 12.5 Å². The van der Waals surface area contributed by atoms with Crippen molar-refractivity contribution in [3.05, 3.63) is 0 Å². The van der Waals surface area contributed by atoms with E-state index >= 15 is 0 Å². The maximum absolute atomic E-state index is 5.35. The lowest BCUT2D eigenvalue weighted by Crippen LogP contribution is -2.17. The van der Waals surface area contributed by atoms with Crippen LogP contribution in [0.1, 0.15) is 25.7 Å². The van der Waals surface area contributed by atoms with Crippen molar-refractivity contribution >= 4 is 0 Å². The average Bonchev–Trinajstić information content (AvgIpc) is 2.10. The van der Waals surface area contributed by atoms with Crippen LogP contribution in [0.25, 0.3) is 0 Å². The molecule has 0 aromatic rings. The summed E-state index contributed by atoms with van der Waals surface area (Å²) in [4.78, 5) is 0. The molecule has 0 rings (SSSR count). The molecule has 3 nitrogen and oxygen atoms in total. The molecular weight excluding hydrogens is 150 g/mol. The first kappa shape index (κ1) is 11.3. The normalized spacial score (nSPS) is 9.08. The zero-order valence-corrected chi connectivity index (χ0v) is 7.60. The first-order valence-corrected chi connectivity index (χ1v) is 4.51. The molecule has 0 saturated carbocycles. The van der Waals surface area contributed by atoms with E-state index in [4.69, 9.17) is 11.5 Å². The third kappa shape index (κ3) is 9.28. The maximum atomic E-state index is 5.35. The number of hydrogen-bond acceptors (Lipinski definition) is 3. The van der Waals surface area contributed by atoms with Gasteiger partial charge in [0.05, 0.1) is 0 Å². The first-order chi connectivity index (χ1) is 5.91. The Labute approximate surface area is 74.9 Å². The highest BCUT2D eigenvalue weighted by atomic mass is 14.8. The van der Waals surface area contributed by atoms with Crippen LogP contribution >= 0.6 is 0 Å². The summed E-state index contributed by atoms with van der Waals surface area (Å²) in [6, 6.07) is 2.38. The van der Waals surface area contributed by atoms with Crippen molar-refractivity contribution in [2.24, 2.45) is 11.5 Å². The van der Waals surface area contributed by atoms with Crippen molar-refractivity contribution in [3.8, 4) is 12.0 Å². The number of rotatable bonds is 7. The highest BCUT2D eigenvalue weighted by Gasteiger charge is 1.86.